The van der Waals surface area contributed by atoms with Crippen LogP contribution in [0.4, 0.5) is 4.79 Å². The monoisotopic (exact) mass is 165 g/mol. The normalized spacial score (nSPS) is 12.1. The van der Waals surface area contributed by atoms with Gasteiger partial charge in [0.2, 0.25) is 0 Å². The van der Waals surface area contributed by atoms with Gasteiger partial charge in [0.05, 0.1) is 6.04 Å². The molecule has 0 spiro atoms. The molecule has 1 amide bonds. The van der Waals surface area contributed by atoms with Crippen LogP contribution >= 0.6 is 0 Å². The summed E-state index contributed by atoms with van der Waals surface area (Å²) in [6, 6.07) is 9.30. The molecule has 3 nitrogen and oxygen atoms in total. The van der Waals surface area contributed by atoms with Gasteiger partial charge in [0.15, 0.2) is 0 Å². The Balaban J connectivity index is 2.65. The third kappa shape index (κ3) is 2.27. The van der Waals surface area contributed by atoms with E-state index in [0.717, 1.165) is 5.56 Å². The van der Waals surface area contributed by atoms with E-state index in [1.807, 2.05) is 37.3 Å². The Hall–Kier alpha value is -1.51. The first kappa shape index (κ1) is 8.59. The van der Waals surface area contributed by atoms with E-state index in [4.69, 9.17) is 5.11 Å². The highest BCUT2D eigenvalue weighted by atomic mass is 16.4. The topological polar surface area (TPSA) is 49.3 Å². The molecule has 0 aliphatic rings. The molecule has 2 N–H and O–H groups in total. The minimum absolute atomic E-state index is 0.149. The first-order valence-electron chi connectivity index (χ1n) is 3.74. The fourth-order valence-corrected chi connectivity index (χ4v) is 1.01. The molecule has 1 atom stereocenters. The molecule has 12 heavy (non-hydrogen) atoms. The molecule has 0 radical (unpaired) electrons. The maximum Gasteiger partial charge on any atom is 0.405 e. The zero-order valence-electron chi connectivity index (χ0n) is 6.82. The Morgan fingerprint density at radius 3 is 2.50 bits per heavy atom. The average molecular weight is 165 g/mol. The Morgan fingerprint density at radius 2 is 2.00 bits per heavy atom. The summed E-state index contributed by atoms with van der Waals surface area (Å²) in [7, 11) is 0. The second kappa shape index (κ2) is 3.76. The highest BCUT2D eigenvalue weighted by molar-refractivity contribution is 5.65. The standard InChI is InChI=1S/C9H11NO2/c1-7(10-9(11)12)8-5-3-2-4-6-8/h2-7,10H,1H3,(H,11,12). The van der Waals surface area contributed by atoms with E-state index < -0.39 is 6.09 Å². The van der Waals surface area contributed by atoms with E-state index in [1.165, 1.54) is 0 Å². The van der Waals surface area contributed by atoms with Crippen molar-refractivity contribution in [3.63, 3.8) is 0 Å². The van der Waals surface area contributed by atoms with Crippen molar-refractivity contribution in [2.45, 2.75) is 13.0 Å². The van der Waals surface area contributed by atoms with Crippen molar-refractivity contribution in [1.82, 2.24) is 5.32 Å². The summed E-state index contributed by atoms with van der Waals surface area (Å²) in [4.78, 5) is 10.3. The van der Waals surface area contributed by atoms with Crippen molar-refractivity contribution in [1.29, 1.82) is 0 Å². The number of carbonyl (C=O) groups is 1. The van der Waals surface area contributed by atoms with Crippen molar-refractivity contribution in [3.8, 4) is 0 Å². The second-order valence-corrected chi connectivity index (χ2v) is 2.58. The molecule has 0 aliphatic carbocycles. The zero-order chi connectivity index (χ0) is 8.97. The zero-order valence-corrected chi connectivity index (χ0v) is 6.82. The Kier molecular flexibility index (Phi) is 2.69. The molecule has 0 heterocycles. The lowest BCUT2D eigenvalue weighted by atomic mass is 10.1. The van der Waals surface area contributed by atoms with Crippen LogP contribution in [0.3, 0.4) is 0 Å². The van der Waals surface area contributed by atoms with Crippen LogP contribution in [0.5, 0.6) is 0 Å². The Morgan fingerprint density at radius 1 is 1.42 bits per heavy atom. The molecular formula is C9H11NO2. The number of benzene rings is 1. The Labute approximate surface area is 71.0 Å². The van der Waals surface area contributed by atoms with E-state index in [2.05, 4.69) is 5.32 Å². The molecule has 1 rings (SSSR count). The van der Waals surface area contributed by atoms with E-state index in [1.54, 1.807) is 0 Å². The maximum atomic E-state index is 10.3. The van der Waals surface area contributed by atoms with Crippen LogP contribution in [0.2, 0.25) is 0 Å². The van der Waals surface area contributed by atoms with Gasteiger partial charge in [0.25, 0.3) is 0 Å². The highest BCUT2D eigenvalue weighted by Crippen LogP contribution is 2.10. The SMILES string of the molecule is CC(NC(=O)O)c1ccccc1. The van der Waals surface area contributed by atoms with Crippen LogP contribution in [-0.2, 0) is 0 Å². The van der Waals surface area contributed by atoms with E-state index >= 15 is 0 Å². The number of hydrogen-bond donors (Lipinski definition) is 2. The number of amides is 1. The molecule has 64 valence electrons. The number of nitrogens with one attached hydrogen (secondary N) is 1. The second-order valence-electron chi connectivity index (χ2n) is 2.58. The fourth-order valence-electron chi connectivity index (χ4n) is 1.01. The number of rotatable bonds is 2. The summed E-state index contributed by atoms with van der Waals surface area (Å²) in [5.41, 5.74) is 0.972. The van der Waals surface area contributed by atoms with Crippen LogP contribution in [0, 0.1) is 0 Å². The first-order chi connectivity index (χ1) is 5.70. The smallest absolute Gasteiger partial charge is 0.405 e. The van der Waals surface area contributed by atoms with Crippen LogP contribution in [-0.4, -0.2) is 11.2 Å². The van der Waals surface area contributed by atoms with Gasteiger partial charge in [0.1, 0.15) is 0 Å². The van der Waals surface area contributed by atoms with Gasteiger partial charge in [-0.1, -0.05) is 30.3 Å². The molecule has 3 heteroatoms. The van der Waals surface area contributed by atoms with Gasteiger partial charge in [0, 0.05) is 0 Å². The van der Waals surface area contributed by atoms with Gasteiger partial charge < -0.3 is 10.4 Å². The van der Waals surface area contributed by atoms with E-state index in [0.29, 0.717) is 0 Å². The predicted molar refractivity (Wildman–Crippen MR) is 46.0 cm³/mol. The summed E-state index contributed by atoms with van der Waals surface area (Å²) >= 11 is 0. The summed E-state index contributed by atoms with van der Waals surface area (Å²) in [6.45, 7) is 1.81. The van der Waals surface area contributed by atoms with Gasteiger partial charge in [-0.15, -0.1) is 0 Å². The lowest BCUT2D eigenvalue weighted by Crippen LogP contribution is -2.24. The third-order valence-electron chi connectivity index (χ3n) is 1.64. The predicted octanol–water partition coefficient (Wildman–Crippen LogP) is 2.02. The van der Waals surface area contributed by atoms with Gasteiger partial charge >= 0.3 is 6.09 Å². The Bertz CT molecular complexity index is 258. The molecule has 0 bridgehead atoms. The molecule has 1 unspecified atom stereocenters. The van der Waals surface area contributed by atoms with Crippen molar-refractivity contribution >= 4 is 6.09 Å². The quantitative estimate of drug-likeness (QED) is 0.704. The van der Waals surface area contributed by atoms with Gasteiger partial charge in [-0.25, -0.2) is 4.79 Å². The van der Waals surface area contributed by atoms with Crippen molar-refractivity contribution in [2.75, 3.05) is 0 Å². The maximum absolute atomic E-state index is 10.3. The lowest BCUT2D eigenvalue weighted by Gasteiger charge is -2.10. The van der Waals surface area contributed by atoms with Crippen molar-refractivity contribution in [2.24, 2.45) is 0 Å². The van der Waals surface area contributed by atoms with Crippen LogP contribution < -0.4 is 5.32 Å². The molecule has 1 aromatic carbocycles. The minimum Gasteiger partial charge on any atom is -0.465 e. The van der Waals surface area contributed by atoms with E-state index in [-0.39, 0.29) is 6.04 Å². The lowest BCUT2D eigenvalue weighted by molar-refractivity contribution is 0.191. The molecule has 1 aromatic rings. The van der Waals surface area contributed by atoms with Gasteiger partial charge in [-0.2, -0.15) is 0 Å². The fraction of sp³-hybridized carbons (Fsp3) is 0.222. The summed E-state index contributed by atoms with van der Waals surface area (Å²) in [6.07, 6.45) is -0.994. The highest BCUT2D eigenvalue weighted by Gasteiger charge is 2.05. The number of carboxylic acid groups (broad SMARTS) is 1. The third-order valence-corrected chi connectivity index (χ3v) is 1.64. The number of hydrogen-bond acceptors (Lipinski definition) is 1. The summed E-state index contributed by atoms with van der Waals surface area (Å²) in [5.74, 6) is 0. The van der Waals surface area contributed by atoms with Crippen LogP contribution in [0.25, 0.3) is 0 Å². The molecule has 0 aliphatic heterocycles. The summed E-state index contributed by atoms with van der Waals surface area (Å²) < 4.78 is 0. The molecule has 0 saturated heterocycles. The van der Waals surface area contributed by atoms with Crippen molar-refractivity contribution < 1.29 is 9.90 Å². The summed E-state index contributed by atoms with van der Waals surface area (Å²) in [5, 5.41) is 10.8. The van der Waals surface area contributed by atoms with Gasteiger partial charge in [-0.05, 0) is 12.5 Å². The van der Waals surface area contributed by atoms with Gasteiger partial charge in [-0.3, -0.25) is 0 Å². The van der Waals surface area contributed by atoms with Crippen LogP contribution in [0.1, 0.15) is 18.5 Å². The van der Waals surface area contributed by atoms with E-state index in [9.17, 15) is 4.79 Å². The molecular weight excluding hydrogens is 154 g/mol. The molecule has 0 aromatic heterocycles. The molecule has 0 fully saturated rings. The minimum atomic E-state index is -0.994. The van der Waals surface area contributed by atoms with Crippen LogP contribution in [0.15, 0.2) is 30.3 Å². The first-order valence-corrected chi connectivity index (χ1v) is 3.74. The molecule has 0 saturated carbocycles. The average Bonchev–Trinajstić information content (AvgIpc) is 2.05. The largest absolute Gasteiger partial charge is 0.465 e. The van der Waals surface area contributed by atoms with Crippen molar-refractivity contribution in [3.05, 3.63) is 35.9 Å².